The highest BCUT2D eigenvalue weighted by Gasteiger charge is 2.23. The maximum absolute atomic E-state index is 11.5. The van der Waals surface area contributed by atoms with Gasteiger partial charge in [-0.05, 0) is 19.8 Å². The van der Waals surface area contributed by atoms with Gasteiger partial charge in [0.25, 0.3) is 0 Å². The SMILES string of the molecule is CCCCCCCC=CC=CC(=O)N[C@H](C(=O)O)[C@@H](C)O. The third-order valence-corrected chi connectivity index (χ3v) is 3.02. The van der Waals surface area contributed by atoms with Crippen molar-refractivity contribution in [2.24, 2.45) is 0 Å². The summed E-state index contributed by atoms with van der Waals surface area (Å²) in [5.74, 6) is -1.79. The van der Waals surface area contributed by atoms with E-state index in [2.05, 4.69) is 12.2 Å². The number of aliphatic carboxylic acids is 1. The van der Waals surface area contributed by atoms with Crippen molar-refractivity contribution in [2.75, 3.05) is 0 Å². The number of carbonyl (C=O) groups is 2. The van der Waals surface area contributed by atoms with E-state index in [1.807, 2.05) is 6.08 Å². The number of unbranched alkanes of at least 4 members (excludes halogenated alkanes) is 5. The quantitative estimate of drug-likeness (QED) is 0.310. The molecule has 0 spiro atoms. The highest BCUT2D eigenvalue weighted by molar-refractivity contribution is 5.91. The molecule has 0 aliphatic heterocycles. The van der Waals surface area contributed by atoms with E-state index in [1.165, 1.54) is 38.7 Å². The van der Waals surface area contributed by atoms with Gasteiger partial charge in [0.05, 0.1) is 6.10 Å². The van der Waals surface area contributed by atoms with Crippen LogP contribution in [0.5, 0.6) is 0 Å². The Morgan fingerprint density at radius 3 is 2.38 bits per heavy atom. The lowest BCUT2D eigenvalue weighted by Gasteiger charge is -2.15. The number of amides is 1. The predicted molar refractivity (Wildman–Crippen MR) is 82.9 cm³/mol. The van der Waals surface area contributed by atoms with Gasteiger partial charge in [-0.25, -0.2) is 4.79 Å². The lowest BCUT2D eigenvalue weighted by molar-refractivity contribution is -0.144. The zero-order valence-electron chi connectivity index (χ0n) is 12.9. The van der Waals surface area contributed by atoms with Crippen LogP contribution in [0.3, 0.4) is 0 Å². The maximum Gasteiger partial charge on any atom is 0.328 e. The highest BCUT2D eigenvalue weighted by Crippen LogP contribution is 2.05. The van der Waals surface area contributed by atoms with E-state index in [0.717, 1.165) is 12.8 Å². The van der Waals surface area contributed by atoms with E-state index in [9.17, 15) is 14.7 Å². The van der Waals surface area contributed by atoms with Crippen molar-refractivity contribution in [3.05, 3.63) is 24.3 Å². The van der Waals surface area contributed by atoms with Gasteiger partial charge in [-0.2, -0.15) is 0 Å². The number of hydrogen-bond donors (Lipinski definition) is 3. The molecule has 0 aliphatic rings. The second-order valence-electron chi connectivity index (χ2n) is 5.06. The summed E-state index contributed by atoms with van der Waals surface area (Å²) in [6.45, 7) is 3.50. The van der Waals surface area contributed by atoms with Gasteiger partial charge in [0.15, 0.2) is 6.04 Å². The average Bonchev–Trinajstić information content (AvgIpc) is 2.42. The molecular formula is C16H27NO4. The summed E-state index contributed by atoms with van der Waals surface area (Å²) in [4.78, 5) is 22.3. The Hall–Kier alpha value is -1.62. The van der Waals surface area contributed by atoms with Gasteiger partial charge in [0, 0.05) is 6.08 Å². The summed E-state index contributed by atoms with van der Waals surface area (Å²) >= 11 is 0. The zero-order valence-corrected chi connectivity index (χ0v) is 12.9. The number of aliphatic hydroxyl groups excluding tert-OH is 1. The van der Waals surface area contributed by atoms with E-state index in [-0.39, 0.29) is 0 Å². The van der Waals surface area contributed by atoms with Crippen molar-refractivity contribution in [3.8, 4) is 0 Å². The van der Waals surface area contributed by atoms with Gasteiger partial charge in [-0.15, -0.1) is 0 Å². The molecule has 0 aromatic carbocycles. The maximum atomic E-state index is 11.5. The highest BCUT2D eigenvalue weighted by atomic mass is 16.4. The molecule has 0 aliphatic carbocycles. The largest absolute Gasteiger partial charge is 0.480 e. The molecule has 0 rings (SSSR count). The van der Waals surface area contributed by atoms with E-state index < -0.39 is 24.0 Å². The van der Waals surface area contributed by atoms with Crippen LogP contribution in [0.25, 0.3) is 0 Å². The molecule has 0 fully saturated rings. The van der Waals surface area contributed by atoms with Crippen LogP contribution in [0.4, 0.5) is 0 Å². The van der Waals surface area contributed by atoms with Gasteiger partial charge in [-0.1, -0.05) is 50.8 Å². The molecule has 5 nitrogen and oxygen atoms in total. The van der Waals surface area contributed by atoms with Crippen molar-refractivity contribution >= 4 is 11.9 Å². The molecule has 21 heavy (non-hydrogen) atoms. The number of carbonyl (C=O) groups excluding carboxylic acids is 1. The first-order chi connectivity index (χ1) is 9.99. The topological polar surface area (TPSA) is 86.6 Å². The predicted octanol–water partition coefficient (Wildman–Crippen LogP) is 2.41. The Kier molecular flexibility index (Phi) is 11.2. The summed E-state index contributed by atoms with van der Waals surface area (Å²) in [5, 5.41) is 20.3. The monoisotopic (exact) mass is 297 g/mol. The molecule has 5 heteroatoms. The van der Waals surface area contributed by atoms with Gasteiger partial charge in [-0.3, -0.25) is 4.79 Å². The fraction of sp³-hybridized carbons (Fsp3) is 0.625. The van der Waals surface area contributed by atoms with Crippen molar-refractivity contribution in [2.45, 2.75) is 64.5 Å². The first kappa shape index (κ1) is 19.4. The Bertz CT molecular complexity index is 361. The Labute approximate surface area is 126 Å². The van der Waals surface area contributed by atoms with Crippen molar-refractivity contribution < 1.29 is 19.8 Å². The first-order valence-corrected chi connectivity index (χ1v) is 7.53. The number of aliphatic hydroxyl groups is 1. The van der Waals surface area contributed by atoms with Gasteiger partial charge in [0.2, 0.25) is 5.91 Å². The number of hydrogen-bond acceptors (Lipinski definition) is 3. The third kappa shape index (κ3) is 10.8. The van der Waals surface area contributed by atoms with Crippen LogP contribution in [0.2, 0.25) is 0 Å². The Morgan fingerprint density at radius 2 is 1.81 bits per heavy atom. The van der Waals surface area contributed by atoms with Crippen LogP contribution >= 0.6 is 0 Å². The van der Waals surface area contributed by atoms with Crippen LogP contribution < -0.4 is 5.32 Å². The van der Waals surface area contributed by atoms with E-state index >= 15 is 0 Å². The van der Waals surface area contributed by atoms with Crippen LogP contribution in [0, 0.1) is 0 Å². The smallest absolute Gasteiger partial charge is 0.328 e. The number of allylic oxidation sites excluding steroid dienone is 3. The molecule has 0 radical (unpaired) electrons. The Morgan fingerprint density at radius 1 is 1.14 bits per heavy atom. The number of carboxylic acids is 1. The molecule has 120 valence electrons. The molecule has 0 unspecified atom stereocenters. The van der Waals surface area contributed by atoms with Crippen molar-refractivity contribution in [1.29, 1.82) is 0 Å². The molecular weight excluding hydrogens is 270 g/mol. The fourth-order valence-electron chi connectivity index (χ4n) is 1.77. The zero-order chi connectivity index (χ0) is 16.1. The molecule has 0 saturated carbocycles. The fourth-order valence-corrected chi connectivity index (χ4v) is 1.77. The van der Waals surface area contributed by atoms with Crippen LogP contribution in [-0.2, 0) is 9.59 Å². The lowest BCUT2D eigenvalue weighted by Crippen LogP contribution is -2.47. The molecule has 0 aromatic rings. The van der Waals surface area contributed by atoms with Crippen molar-refractivity contribution in [1.82, 2.24) is 5.32 Å². The number of nitrogens with one attached hydrogen (secondary N) is 1. The molecule has 0 bridgehead atoms. The first-order valence-electron chi connectivity index (χ1n) is 7.53. The molecule has 0 aromatic heterocycles. The second kappa shape index (κ2) is 12.1. The Balaban J connectivity index is 3.91. The average molecular weight is 297 g/mol. The molecule has 3 N–H and O–H groups in total. The lowest BCUT2D eigenvalue weighted by atomic mass is 10.1. The summed E-state index contributed by atoms with van der Waals surface area (Å²) in [5.41, 5.74) is 0. The minimum absolute atomic E-state index is 0.532. The third-order valence-electron chi connectivity index (χ3n) is 3.02. The second-order valence-corrected chi connectivity index (χ2v) is 5.06. The van der Waals surface area contributed by atoms with Gasteiger partial charge >= 0.3 is 5.97 Å². The van der Waals surface area contributed by atoms with E-state index in [4.69, 9.17) is 5.11 Å². The minimum atomic E-state index is -1.29. The molecule has 0 saturated heterocycles. The van der Waals surface area contributed by atoms with Crippen LogP contribution in [0.15, 0.2) is 24.3 Å². The van der Waals surface area contributed by atoms with E-state index in [0.29, 0.717) is 0 Å². The number of carboxylic acid groups (broad SMARTS) is 1. The summed E-state index contributed by atoms with van der Waals surface area (Å²) in [7, 11) is 0. The molecule has 0 heterocycles. The molecule has 1 amide bonds. The van der Waals surface area contributed by atoms with Gasteiger partial charge in [0.1, 0.15) is 0 Å². The minimum Gasteiger partial charge on any atom is -0.480 e. The van der Waals surface area contributed by atoms with Crippen molar-refractivity contribution in [3.63, 3.8) is 0 Å². The van der Waals surface area contributed by atoms with E-state index in [1.54, 1.807) is 12.2 Å². The number of rotatable bonds is 11. The van der Waals surface area contributed by atoms with Crippen LogP contribution in [0.1, 0.15) is 52.4 Å². The molecule has 2 atom stereocenters. The normalized spacial score (nSPS) is 14.4. The van der Waals surface area contributed by atoms with Gasteiger partial charge < -0.3 is 15.5 Å². The summed E-state index contributed by atoms with van der Waals surface area (Å²) < 4.78 is 0. The standard InChI is InChI=1S/C16H27NO4/c1-3-4-5-6-7-8-9-10-11-12-14(19)17-15(13(2)18)16(20)21/h9-13,15,18H,3-8H2,1-2H3,(H,17,19)(H,20,21)/t13-,15+/m1/s1. The van der Waals surface area contributed by atoms with Crippen LogP contribution in [-0.4, -0.2) is 34.2 Å². The summed E-state index contributed by atoms with van der Waals surface area (Å²) in [6.07, 6.45) is 12.6. The summed E-state index contributed by atoms with van der Waals surface area (Å²) in [6, 6.07) is -1.29.